The predicted molar refractivity (Wildman–Crippen MR) is 109 cm³/mol. The molecule has 0 saturated heterocycles. The van der Waals surface area contributed by atoms with Crippen molar-refractivity contribution in [3.63, 3.8) is 0 Å². The smallest absolute Gasteiger partial charge is 0.207 e. The fourth-order valence-corrected chi connectivity index (χ4v) is 5.06. The molecule has 0 amide bonds. The van der Waals surface area contributed by atoms with Crippen LogP contribution in [0.4, 0.5) is 0 Å². The van der Waals surface area contributed by atoms with Crippen molar-refractivity contribution in [3.8, 4) is 0 Å². The Kier molecular flexibility index (Phi) is 5.54. The molecule has 0 radical (unpaired) electrons. The molecular weight excluding hydrogens is 342 g/mol. The van der Waals surface area contributed by atoms with Crippen molar-refractivity contribution in [2.75, 3.05) is 13.1 Å². The number of hydrogen-bond acceptors (Lipinski definition) is 2. The summed E-state index contributed by atoms with van der Waals surface area (Å²) in [6.07, 6.45) is 10.4. The second-order valence-electron chi connectivity index (χ2n) is 8.24. The fourth-order valence-electron chi connectivity index (χ4n) is 3.57. The maximum absolute atomic E-state index is 13.1. The lowest BCUT2D eigenvalue weighted by molar-refractivity contribution is 0.293. The predicted octanol–water partition coefficient (Wildman–Crippen LogP) is 5.00. The van der Waals surface area contributed by atoms with Crippen molar-refractivity contribution in [2.24, 2.45) is 11.3 Å². The van der Waals surface area contributed by atoms with Gasteiger partial charge in [-0.2, -0.15) is 4.31 Å². The van der Waals surface area contributed by atoms with Gasteiger partial charge in [-0.05, 0) is 47.8 Å². The monoisotopic (exact) mass is 371 g/mol. The molecule has 1 aromatic rings. The van der Waals surface area contributed by atoms with Gasteiger partial charge in [0.15, 0.2) is 0 Å². The summed E-state index contributed by atoms with van der Waals surface area (Å²) in [7, 11) is -3.42. The van der Waals surface area contributed by atoms with Crippen LogP contribution in [0.25, 0.3) is 5.57 Å². The fraction of sp³-hybridized carbons (Fsp3) is 0.455. The average Bonchev–Trinajstić information content (AvgIpc) is 2.88. The van der Waals surface area contributed by atoms with E-state index in [0.29, 0.717) is 23.9 Å². The summed E-state index contributed by atoms with van der Waals surface area (Å²) < 4.78 is 27.8. The van der Waals surface area contributed by atoms with Crippen LogP contribution in [0, 0.1) is 11.3 Å². The number of allylic oxidation sites excluding steroid dienone is 4. The molecule has 1 aromatic carbocycles. The van der Waals surface area contributed by atoms with Gasteiger partial charge >= 0.3 is 0 Å². The number of benzene rings is 1. The first kappa shape index (κ1) is 19.1. The van der Waals surface area contributed by atoms with Crippen molar-refractivity contribution in [3.05, 3.63) is 65.1 Å². The van der Waals surface area contributed by atoms with E-state index in [0.717, 1.165) is 19.3 Å². The Bertz CT molecular complexity index is 827. The number of rotatable bonds is 3. The quantitative estimate of drug-likeness (QED) is 0.750. The highest BCUT2D eigenvalue weighted by Gasteiger charge is 2.30. The minimum absolute atomic E-state index is 0.151. The molecule has 1 atom stereocenters. The van der Waals surface area contributed by atoms with Gasteiger partial charge in [-0.15, -0.1) is 0 Å². The Labute approximate surface area is 158 Å². The molecule has 4 heteroatoms. The molecule has 1 aliphatic heterocycles. The van der Waals surface area contributed by atoms with Gasteiger partial charge in [0.25, 0.3) is 0 Å². The van der Waals surface area contributed by atoms with E-state index in [1.807, 2.05) is 30.4 Å². The molecule has 0 saturated carbocycles. The van der Waals surface area contributed by atoms with Crippen molar-refractivity contribution in [1.82, 2.24) is 4.31 Å². The topological polar surface area (TPSA) is 37.4 Å². The lowest BCUT2D eigenvalue weighted by atomic mass is 9.77. The molecule has 3 nitrogen and oxygen atoms in total. The van der Waals surface area contributed by atoms with Gasteiger partial charge < -0.3 is 0 Å². The largest absolute Gasteiger partial charge is 0.243 e. The van der Waals surface area contributed by atoms with Gasteiger partial charge in [0.2, 0.25) is 10.0 Å². The van der Waals surface area contributed by atoms with Crippen LogP contribution < -0.4 is 0 Å². The van der Waals surface area contributed by atoms with Crippen LogP contribution in [-0.2, 0) is 10.0 Å². The molecule has 0 bridgehead atoms. The van der Waals surface area contributed by atoms with Crippen molar-refractivity contribution >= 4 is 15.6 Å². The normalized spacial score (nSPS) is 22.5. The van der Waals surface area contributed by atoms with E-state index in [9.17, 15) is 8.42 Å². The SMILES string of the molecule is CC(C)(C)C1C=CC(S(=O)(=O)N2CC=C(c3ccccc3)CCC2)=CC1. The molecule has 3 rings (SSSR count). The second kappa shape index (κ2) is 7.53. The van der Waals surface area contributed by atoms with Gasteiger partial charge in [0, 0.05) is 13.1 Å². The summed E-state index contributed by atoms with van der Waals surface area (Å²) in [4.78, 5) is 0.453. The first-order valence-electron chi connectivity index (χ1n) is 9.41. The third kappa shape index (κ3) is 4.18. The van der Waals surface area contributed by atoms with Crippen LogP contribution in [0.1, 0.15) is 45.6 Å². The summed E-state index contributed by atoms with van der Waals surface area (Å²) in [5, 5.41) is 0. The van der Waals surface area contributed by atoms with E-state index in [-0.39, 0.29) is 5.41 Å². The van der Waals surface area contributed by atoms with E-state index in [1.165, 1.54) is 11.1 Å². The zero-order valence-electron chi connectivity index (χ0n) is 16.0. The van der Waals surface area contributed by atoms with E-state index in [2.05, 4.69) is 45.1 Å². The highest BCUT2D eigenvalue weighted by Crippen LogP contribution is 2.35. The summed E-state index contributed by atoms with van der Waals surface area (Å²) >= 11 is 0. The Morgan fingerprint density at radius 1 is 1.08 bits per heavy atom. The Hall–Kier alpha value is -1.65. The molecule has 26 heavy (non-hydrogen) atoms. The van der Waals surface area contributed by atoms with Gasteiger partial charge in [-0.3, -0.25) is 0 Å². The Morgan fingerprint density at radius 2 is 1.81 bits per heavy atom. The molecule has 0 aromatic heterocycles. The first-order chi connectivity index (χ1) is 12.3. The van der Waals surface area contributed by atoms with Gasteiger partial charge in [0.1, 0.15) is 0 Å². The maximum Gasteiger partial charge on any atom is 0.243 e. The number of hydrogen-bond donors (Lipinski definition) is 0. The van der Waals surface area contributed by atoms with Gasteiger partial charge in [-0.1, -0.05) is 69.3 Å². The summed E-state index contributed by atoms with van der Waals surface area (Å²) in [6, 6.07) is 10.2. The highest BCUT2D eigenvalue weighted by atomic mass is 32.2. The number of nitrogens with zero attached hydrogens (tertiary/aromatic N) is 1. The molecule has 0 fully saturated rings. The lowest BCUT2D eigenvalue weighted by Gasteiger charge is -2.30. The van der Waals surface area contributed by atoms with E-state index in [4.69, 9.17) is 0 Å². The Balaban J connectivity index is 1.76. The average molecular weight is 372 g/mol. The van der Waals surface area contributed by atoms with Crippen molar-refractivity contribution < 1.29 is 8.42 Å². The third-order valence-electron chi connectivity index (χ3n) is 5.36. The standard InChI is InChI=1S/C22H29NO2S/c1-22(2,3)20-11-13-21(14-12-20)26(24,25)23-16-7-10-19(15-17-23)18-8-5-4-6-9-18/h4-6,8-9,11,13-15,20H,7,10,12,16-17H2,1-3H3. The maximum atomic E-state index is 13.1. The van der Waals surface area contributed by atoms with Crippen molar-refractivity contribution in [1.29, 1.82) is 0 Å². The molecule has 1 unspecified atom stereocenters. The Morgan fingerprint density at radius 3 is 2.42 bits per heavy atom. The summed E-state index contributed by atoms with van der Waals surface area (Å²) in [5.41, 5.74) is 2.58. The van der Waals surface area contributed by atoms with E-state index >= 15 is 0 Å². The van der Waals surface area contributed by atoms with Crippen LogP contribution in [0.5, 0.6) is 0 Å². The molecular formula is C22H29NO2S. The van der Waals surface area contributed by atoms with Crippen LogP contribution in [-0.4, -0.2) is 25.8 Å². The minimum atomic E-state index is -3.42. The van der Waals surface area contributed by atoms with E-state index < -0.39 is 10.0 Å². The lowest BCUT2D eigenvalue weighted by Crippen LogP contribution is -2.33. The summed E-state index contributed by atoms with van der Waals surface area (Å²) in [5.74, 6) is 0.384. The van der Waals surface area contributed by atoms with Crippen LogP contribution in [0.3, 0.4) is 0 Å². The van der Waals surface area contributed by atoms with Crippen molar-refractivity contribution in [2.45, 2.75) is 40.0 Å². The van der Waals surface area contributed by atoms with E-state index in [1.54, 1.807) is 4.31 Å². The zero-order valence-corrected chi connectivity index (χ0v) is 16.8. The van der Waals surface area contributed by atoms with Crippen LogP contribution in [0.15, 0.2) is 59.5 Å². The first-order valence-corrected chi connectivity index (χ1v) is 10.9. The van der Waals surface area contributed by atoms with Gasteiger partial charge in [-0.25, -0.2) is 8.42 Å². The molecule has 0 spiro atoms. The zero-order chi connectivity index (χ0) is 18.8. The molecule has 1 aliphatic carbocycles. The van der Waals surface area contributed by atoms with Crippen LogP contribution >= 0.6 is 0 Å². The van der Waals surface area contributed by atoms with Gasteiger partial charge in [0.05, 0.1) is 4.91 Å². The van der Waals surface area contributed by atoms with Crippen LogP contribution in [0.2, 0.25) is 0 Å². The highest BCUT2D eigenvalue weighted by molar-refractivity contribution is 7.93. The second-order valence-corrected chi connectivity index (χ2v) is 10.2. The molecule has 0 N–H and O–H groups in total. The minimum Gasteiger partial charge on any atom is -0.207 e. The molecule has 140 valence electrons. The number of sulfonamides is 1. The molecule has 2 aliphatic rings. The summed E-state index contributed by atoms with van der Waals surface area (Å²) in [6.45, 7) is 7.60. The molecule has 1 heterocycles. The third-order valence-corrected chi connectivity index (χ3v) is 7.27.